The Balaban J connectivity index is 1.60. The van der Waals surface area contributed by atoms with Gasteiger partial charge in [-0.05, 0) is 63.1 Å². The molecule has 2 amide bonds. The number of nitrogens with zero attached hydrogens (tertiary/aromatic N) is 1. The quantitative estimate of drug-likeness (QED) is 0.655. The number of rotatable bonds is 7. The van der Waals surface area contributed by atoms with E-state index in [1.54, 1.807) is 29.2 Å². The number of aromatic nitrogens is 1. The number of nitrogens with one attached hydrogen (secondary N) is 2. The number of hydrogen-bond donors (Lipinski definition) is 2. The highest BCUT2D eigenvalue weighted by Gasteiger charge is 2.14. The molecule has 0 bridgehead atoms. The summed E-state index contributed by atoms with van der Waals surface area (Å²) < 4.78 is 0. The van der Waals surface area contributed by atoms with E-state index in [-0.39, 0.29) is 11.8 Å². The molecular formula is C23H27N3O2. The van der Waals surface area contributed by atoms with Crippen molar-refractivity contribution in [2.45, 2.75) is 27.2 Å². The van der Waals surface area contributed by atoms with Gasteiger partial charge >= 0.3 is 0 Å². The third-order valence-electron chi connectivity index (χ3n) is 5.13. The number of amides is 2. The van der Waals surface area contributed by atoms with Crippen LogP contribution in [0.2, 0.25) is 0 Å². The molecule has 0 unspecified atom stereocenters. The lowest BCUT2D eigenvalue weighted by Gasteiger charge is -2.18. The van der Waals surface area contributed by atoms with Crippen molar-refractivity contribution in [3.8, 4) is 0 Å². The smallest absolute Gasteiger partial charge is 0.253 e. The van der Waals surface area contributed by atoms with Gasteiger partial charge in [0.15, 0.2) is 0 Å². The summed E-state index contributed by atoms with van der Waals surface area (Å²) >= 11 is 0. The summed E-state index contributed by atoms with van der Waals surface area (Å²) in [5.74, 6) is -0.133. The molecule has 1 heterocycles. The first-order valence-electron chi connectivity index (χ1n) is 9.78. The van der Waals surface area contributed by atoms with Gasteiger partial charge in [0, 0.05) is 47.4 Å². The second kappa shape index (κ2) is 8.74. The van der Waals surface area contributed by atoms with Crippen LogP contribution < -0.4 is 5.32 Å². The van der Waals surface area contributed by atoms with Crippen molar-refractivity contribution in [3.63, 3.8) is 0 Å². The van der Waals surface area contributed by atoms with E-state index in [0.29, 0.717) is 30.8 Å². The van der Waals surface area contributed by atoms with E-state index in [2.05, 4.69) is 29.4 Å². The van der Waals surface area contributed by atoms with E-state index in [1.807, 2.05) is 26.0 Å². The highest BCUT2D eigenvalue weighted by Crippen LogP contribution is 2.22. The lowest BCUT2D eigenvalue weighted by Crippen LogP contribution is -2.30. The Morgan fingerprint density at radius 1 is 0.964 bits per heavy atom. The first-order chi connectivity index (χ1) is 13.5. The Bertz CT molecular complexity index is 969. The molecule has 0 aliphatic carbocycles. The van der Waals surface area contributed by atoms with Crippen molar-refractivity contribution >= 4 is 22.7 Å². The van der Waals surface area contributed by atoms with Crippen LogP contribution in [0.3, 0.4) is 0 Å². The third-order valence-corrected chi connectivity index (χ3v) is 5.13. The van der Waals surface area contributed by atoms with E-state index >= 15 is 0 Å². The normalized spacial score (nSPS) is 10.8. The molecule has 0 fully saturated rings. The summed E-state index contributed by atoms with van der Waals surface area (Å²) in [7, 11) is 0. The highest BCUT2D eigenvalue weighted by atomic mass is 16.2. The Morgan fingerprint density at radius 2 is 1.61 bits per heavy atom. The minimum absolute atomic E-state index is 0.00762. The van der Waals surface area contributed by atoms with Crippen LogP contribution in [0.4, 0.5) is 0 Å². The van der Waals surface area contributed by atoms with Crippen molar-refractivity contribution < 1.29 is 9.59 Å². The SMILES string of the molecule is CCN(CC)C(=O)c1ccc(C(=O)NCCc2c(C)[nH]c3ccccc23)cc1. The summed E-state index contributed by atoms with van der Waals surface area (Å²) in [5, 5.41) is 4.18. The topological polar surface area (TPSA) is 65.2 Å². The zero-order valence-corrected chi connectivity index (χ0v) is 16.7. The highest BCUT2D eigenvalue weighted by molar-refractivity contribution is 5.97. The second-order valence-corrected chi connectivity index (χ2v) is 6.83. The Morgan fingerprint density at radius 3 is 2.29 bits per heavy atom. The molecule has 3 aromatic rings. The number of carbonyl (C=O) groups is 2. The second-order valence-electron chi connectivity index (χ2n) is 6.83. The number of carbonyl (C=O) groups excluding carboxylic acids is 2. The van der Waals surface area contributed by atoms with Crippen molar-refractivity contribution in [2.24, 2.45) is 0 Å². The Labute approximate surface area is 165 Å². The molecule has 5 heteroatoms. The molecule has 5 nitrogen and oxygen atoms in total. The van der Waals surface area contributed by atoms with Gasteiger partial charge in [0.05, 0.1) is 0 Å². The maximum Gasteiger partial charge on any atom is 0.253 e. The number of para-hydroxylation sites is 1. The molecule has 28 heavy (non-hydrogen) atoms. The first kappa shape index (κ1) is 19.7. The van der Waals surface area contributed by atoms with Crippen LogP contribution in [0, 0.1) is 6.92 Å². The fourth-order valence-corrected chi connectivity index (χ4v) is 3.52. The van der Waals surface area contributed by atoms with Crippen LogP contribution >= 0.6 is 0 Å². The number of hydrogen-bond acceptors (Lipinski definition) is 2. The summed E-state index contributed by atoms with van der Waals surface area (Å²) in [6.45, 7) is 7.87. The van der Waals surface area contributed by atoms with E-state index in [4.69, 9.17) is 0 Å². The van der Waals surface area contributed by atoms with Crippen LogP contribution in [-0.4, -0.2) is 41.3 Å². The van der Waals surface area contributed by atoms with Crippen LogP contribution in [0.15, 0.2) is 48.5 Å². The molecule has 0 aliphatic heterocycles. The average Bonchev–Trinajstić information content (AvgIpc) is 3.04. The minimum atomic E-state index is -0.126. The minimum Gasteiger partial charge on any atom is -0.358 e. The first-order valence-corrected chi connectivity index (χ1v) is 9.78. The van der Waals surface area contributed by atoms with Gasteiger partial charge in [-0.1, -0.05) is 18.2 Å². The maximum atomic E-state index is 12.4. The molecule has 2 N–H and O–H groups in total. The maximum absolute atomic E-state index is 12.4. The van der Waals surface area contributed by atoms with Crippen molar-refractivity contribution in [2.75, 3.05) is 19.6 Å². The monoisotopic (exact) mass is 377 g/mol. The van der Waals surface area contributed by atoms with Crippen LogP contribution in [0.1, 0.15) is 45.8 Å². The number of aromatic amines is 1. The van der Waals surface area contributed by atoms with E-state index < -0.39 is 0 Å². The summed E-state index contributed by atoms with van der Waals surface area (Å²) in [6, 6.07) is 15.1. The van der Waals surface area contributed by atoms with Crippen molar-refractivity contribution in [3.05, 3.63) is 70.9 Å². The molecule has 0 saturated heterocycles. The van der Waals surface area contributed by atoms with Gasteiger partial charge in [0.2, 0.25) is 0 Å². The molecule has 146 valence electrons. The molecule has 1 aromatic heterocycles. The summed E-state index contributed by atoms with van der Waals surface area (Å²) in [4.78, 5) is 29.9. The zero-order valence-electron chi connectivity index (χ0n) is 16.7. The lowest BCUT2D eigenvalue weighted by molar-refractivity contribution is 0.0772. The lowest BCUT2D eigenvalue weighted by atomic mass is 10.1. The van der Waals surface area contributed by atoms with Crippen molar-refractivity contribution in [1.82, 2.24) is 15.2 Å². The summed E-state index contributed by atoms with van der Waals surface area (Å²) in [5.41, 5.74) is 4.65. The molecular weight excluding hydrogens is 350 g/mol. The number of H-pyrrole nitrogens is 1. The van der Waals surface area contributed by atoms with Gasteiger partial charge in [-0.15, -0.1) is 0 Å². The largest absolute Gasteiger partial charge is 0.358 e. The molecule has 0 aliphatic rings. The van der Waals surface area contributed by atoms with Gasteiger partial charge < -0.3 is 15.2 Å². The molecule has 0 radical (unpaired) electrons. The van der Waals surface area contributed by atoms with Gasteiger partial charge in [-0.3, -0.25) is 9.59 Å². The standard InChI is InChI=1S/C23H27N3O2/c1-4-26(5-2)23(28)18-12-10-17(11-13-18)22(27)24-15-14-19-16(3)25-21-9-7-6-8-20(19)21/h6-13,25H,4-5,14-15H2,1-3H3,(H,24,27). The van der Waals surface area contributed by atoms with Crippen LogP contribution in [0.25, 0.3) is 10.9 Å². The fourth-order valence-electron chi connectivity index (χ4n) is 3.52. The van der Waals surface area contributed by atoms with Crippen LogP contribution in [-0.2, 0) is 6.42 Å². The number of aryl methyl sites for hydroxylation is 1. The molecule has 0 saturated carbocycles. The number of fused-ring (bicyclic) bond motifs is 1. The van der Waals surface area contributed by atoms with E-state index in [0.717, 1.165) is 17.6 Å². The predicted molar refractivity (Wildman–Crippen MR) is 113 cm³/mol. The van der Waals surface area contributed by atoms with Gasteiger partial charge in [0.25, 0.3) is 11.8 Å². The molecule has 2 aromatic carbocycles. The Hall–Kier alpha value is -3.08. The van der Waals surface area contributed by atoms with E-state index in [9.17, 15) is 9.59 Å². The van der Waals surface area contributed by atoms with E-state index in [1.165, 1.54) is 10.9 Å². The zero-order chi connectivity index (χ0) is 20.1. The number of benzene rings is 2. The fraction of sp³-hybridized carbons (Fsp3) is 0.304. The summed E-state index contributed by atoms with van der Waals surface area (Å²) in [6.07, 6.45) is 0.764. The molecule has 3 rings (SSSR count). The van der Waals surface area contributed by atoms with Gasteiger partial charge in [0.1, 0.15) is 0 Å². The van der Waals surface area contributed by atoms with Crippen molar-refractivity contribution in [1.29, 1.82) is 0 Å². The Kier molecular flexibility index (Phi) is 6.14. The van der Waals surface area contributed by atoms with Gasteiger partial charge in [-0.25, -0.2) is 0 Å². The average molecular weight is 377 g/mol. The predicted octanol–water partition coefficient (Wildman–Crippen LogP) is 3.93. The van der Waals surface area contributed by atoms with Gasteiger partial charge in [-0.2, -0.15) is 0 Å². The van der Waals surface area contributed by atoms with Crippen LogP contribution in [0.5, 0.6) is 0 Å². The molecule has 0 spiro atoms. The third kappa shape index (κ3) is 4.09. The molecule has 0 atom stereocenters.